The zero-order valence-electron chi connectivity index (χ0n) is 10.9. The van der Waals surface area contributed by atoms with Crippen LogP contribution in [0.3, 0.4) is 0 Å². The van der Waals surface area contributed by atoms with E-state index < -0.39 is 11.5 Å². The van der Waals surface area contributed by atoms with Gasteiger partial charge in [0.2, 0.25) is 0 Å². The number of hydrogen-bond donors (Lipinski definition) is 1. The van der Waals surface area contributed by atoms with Gasteiger partial charge in [0.1, 0.15) is 0 Å². The number of aliphatic hydroxyl groups excluding tert-OH is 1. The Morgan fingerprint density at radius 2 is 1.94 bits per heavy atom. The van der Waals surface area contributed by atoms with Crippen molar-refractivity contribution in [3.8, 4) is 6.07 Å². The monoisotopic (exact) mass is 223 g/mol. The van der Waals surface area contributed by atoms with Crippen LogP contribution in [0.1, 0.15) is 59.3 Å². The van der Waals surface area contributed by atoms with Crippen LogP contribution in [0.5, 0.6) is 0 Å². The standard InChI is InChI=1S/C14H25NO/c1-4-5-12-6-8-14(10-15,9-7-12)13(16)11(2)3/h11-13,16H,4-9H2,1-3H3. The number of nitrogens with zero attached hydrogens (tertiary/aromatic N) is 1. The van der Waals surface area contributed by atoms with Gasteiger partial charge in [0.25, 0.3) is 0 Å². The number of rotatable bonds is 4. The van der Waals surface area contributed by atoms with E-state index in [1.54, 1.807) is 0 Å². The first-order valence-electron chi connectivity index (χ1n) is 6.65. The highest BCUT2D eigenvalue weighted by Crippen LogP contribution is 2.44. The van der Waals surface area contributed by atoms with Crippen LogP contribution in [0.25, 0.3) is 0 Å². The summed E-state index contributed by atoms with van der Waals surface area (Å²) in [5, 5.41) is 19.6. The van der Waals surface area contributed by atoms with Crippen LogP contribution >= 0.6 is 0 Å². The Labute approximate surface area is 99.7 Å². The van der Waals surface area contributed by atoms with Gasteiger partial charge in [-0.15, -0.1) is 0 Å². The molecule has 2 nitrogen and oxygen atoms in total. The fraction of sp³-hybridized carbons (Fsp3) is 0.929. The summed E-state index contributed by atoms with van der Waals surface area (Å²) in [5.41, 5.74) is -0.460. The first kappa shape index (κ1) is 13.5. The molecule has 0 aromatic carbocycles. The van der Waals surface area contributed by atoms with Gasteiger partial charge in [-0.25, -0.2) is 0 Å². The first-order valence-corrected chi connectivity index (χ1v) is 6.65. The summed E-state index contributed by atoms with van der Waals surface area (Å²) in [6.07, 6.45) is 6.05. The van der Waals surface area contributed by atoms with Crippen LogP contribution < -0.4 is 0 Å². The van der Waals surface area contributed by atoms with Gasteiger partial charge in [0, 0.05) is 0 Å². The van der Waals surface area contributed by atoms with E-state index in [-0.39, 0.29) is 5.92 Å². The fourth-order valence-corrected chi connectivity index (χ4v) is 3.00. The lowest BCUT2D eigenvalue weighted by molar-refractivity contribution is -0.00581. The molecular formula is C14H25NO. The number of aliphatic hydroxyl groups is 1. The van der Waals surface area contributed by atoms with Gasteiger partial charge < -0.3 is 5.11 Å². The van der Waals surface area contributed by atoms with E-state index in [1.165, 1.54) is 12.8 Å². The molecule has 1 atom stereocenters. The normalized spacial score (nSPS) is 32.4. The molecule has 0 amide bonds. The van der Waals surface area contributed by atoms with Crippen molar-refractivity contribution in [2.75, 3.05) is 0 Å². The molecule has 1 unspecified atom stereocenters. The molecule has 1 aliphatic rings. The average Bonchev–Trinajstić information content (AvgIpc) is 2.30. The van der Waals surface area contributed by atoms with Crippen molar-refractivity contribution in [2.24, 2.45) is 17.3 Å². The van der Waals surface area contributed by atoms with Gasteiger partial charge >= 0.3 is 0 Å². The van der Waals surface area contributed by atoms with E-state index in [0.717, 1.165) is 31.6 Å². The van der Waals surface area contributed by atoms with Crippen LogP contribution in [0.4, 0.5) is 0 Å². The van der Waals surface area contributed by atoms with Gasteiger partial charge in [-0.2, -0.15) is 5.26 Å². The summed E-state index contributed by atoms with van der Waals surface area (Å²) in [6.45, 7) is 6.22. The molecule has 1 aliphatic carbocycles. The molecule has 0 radical (unpaired) electrons. The van der Waals surface area contributed by atoms with Crippen LogP contribution in [0.15, 0.2) is 0 Å². The Morgan fingerprint density at radius 3 is 2.31 bits per heavy atom. The Kier molecular flexibility index (Phi) is 4.80. The lowest BCUT2D eigenvalue weighted by atomic mass is 9.65. The van der Waals surface area contributed by atoms with Crippen molar-refractivity contribution in [3.63, 3.8) is 0 Å². The van der Waals surface area contributed by atoms with Crippen molar-refractivity contribution in [1.29, 1.82) is 5.26 Å². The molecule has 1 N–H and O–H groups in total. The van der Waals surface area contributed by atoms with Crippen LogP contribution in [0.2, 0.25) is 0 Å². The predicted octanol–water partition coefficient (Wildman–Crippen LogP) is 3.50. The molecule has 2 heteroatoms. The molecule has 0 heterocycles. The third-order valence-corrected chi connectivity index (χ3v) is 4.11. The van der Waals surface area contributed by atoms with Crippen molar-refractivity contribution in [2.45, 2.75) is 65.4 Å². The maximum absolute atomic E-state index is 10.2. The maximum atomic E-state index is 10.2. The summed E-state index contributed by atoms with van der Waals surface area (Å²) in [5.74, 6) is 0.966. The van der Waals surface area contributed by atoms with Gasteiger partial charge in [-0.3, -0.25) is 0 Å². The van der Waals surface area contributed by atoms with Crippen molar-refractivity contribution in [3.05, 3.63) is 0 Å². The molecule has 92 valence electrons. The fourth-order valence-electron chi connectivity index (χ4n) is 3.00. The molecular weight excluding hydrogens is 198 g/mol. The predicted molar refractivity (Wildman–Crippen MR) is 65.8 cm³/mol. The summed E-state index contributed by atoms with van der Waals surface area (Å²) in [7, 11) is 0. The van der Waals surface area contributed by atoms with Gasteiger partial charge in [0.05, 0.1) is 17.6 Å². The van der Waals surface area contributed by atoms with E-state index in [2.05, 4.69) is 13.0 Å². The minimum absolute atomic E-state index is 0.183. The van der Waals surface area contributed by atoms with Gasteiger partial charge in [-0.1, -0.05) is 33.6 Å². The molecule has 0 saturated heterocycles. The highest BCUT2D eigenvalue weighted by Gasteiger charge is 2.42. The average molecular weight is 223 g/mol. The van der Waals surface area contributed by atoms with Crippen molar-refractivity contribution in [1.82, 2.24) is 0 Å². The summed E-state index contributed by atoms with van der Waals surface area (Å²) in [6, 6.07) is 2.41. The second kappa shape index (κ2) is 5.68. The molecule has 1 rings (SSSR count). The third kappa shape index (κ3) is 2.77. The third-order valence-electron chi connectivity index (χ3n) is 4.11. The highest BCUT2D eigenvalue weighted by molar-refractivity contribution is 5.06. The lowest BCUT2D eigenvalue weighted by Gasteiger charge is -2.39. The van der Waals surface area contributed by atoms with E-state index in [0.29, 0.717) is 0 Å². The smallest absolute Gasteiger partial charge is 0.0835 e. The zero-order valence-corrected chi connectivity index (χ0v) is 10.9. The molecule has 1 saturated carbocycles. The Bertz CT molecular complexity index is 246. The second-order valence-corrected chi connectivity index (χ2v) is 5.69. The SMILES string of the molecule is CCCC1CCC(C#N)(C(O)C(C)C)CC1. The Morgan fingerprint density at radius 1 is 1.38 bits per heavy atom. The summed E-state index contributed by atoms with van der Waals surface area (Å²) >= 11 is 0. The summed E-state index contributed by atoms with van der Waals surface area (Å²) < 4.78 is 0. The van der Waals surface area contributed by atoms with Crippen LogP contribution in [-0.4, -0.2) is 11.2 Å². The number of nitriles is 1. The highest BCUT2D eigenvalue weighted by atomic mass is 16.3. The minimum atomic E-state index is -0.460. The molecule has 0 bridgehead atoms. The molecule has 0 spiro atoms. The molecule has 0 aromatic heterocycles. The van der Waals surface area contributed by atoms with Crippen LogP contribution in [-0.2, 0) is 0 Å². The maximum Gasteiger partial charge on any atom is 0.0835 e. The van der Waals surface area contributed by atoms with Crippen molar-refractivity contribution >= 4 is 0 Å². The quantitative estimate of drug-likeness (QED) is 0.792. The molecule has 1 fully saturated rings. The summed E-state index contributed by atoms with van der Waals surface area (Å²) in [4.78, 5) is 0. The van der Waals surface area contributed by atoms with E-state index in [1.807, 2.05) is 13.8 Å². The number of hydrogen-bond acceptors (Lipinski definition) is 2. The van der Waals surface area contributed by atoms with E-state index in [4.69, 9.17) is 0 Å². The molecule has 0 aliphatic heterocycles. The van der Waals surface area contributed by atoms with E-state index in [9.17, 15) is 10.4 Å². The second-order valence-electron chi connectivity index (χ2n) is 5.69. The zero-order chi connectivity index (χ0) is 12.2. The lowest BCUT2D eigenvalue weighted by Crippen LogP contribution is -2.40. The largest absolute Gasteiger partial charge is 0.391 e. The first-order chi connectivity index (χ1) is 7.55. The van der Waals surface area contributed by atoms with E-state index >= 15 is 0 Å². The van der Waals surface area contributed by atoms with Crippen molar-refractivity contribution < 1.29 is 5.11 Å². The van der Waals surface area contributed by atoms with Crippen LogP contribution in [0, 0.1) is 28.6 Å². The topological polar surface area (TPSA) is 44.0 Å². The molecule has 0 aromatic rings. The molecule has 16 heavy (non-hydrogen) atoms. The Hall–Kier alpha value is -0.550. The Balaban J connectivity index is 2.62. The minimum Gasteiger partial charge on any atom is -0.391 e. The van der Waals surface area contributed by atoms with Gasteiger partial charge in [-0.05, 0) is 37.5 Å². The van der Waals surface area contributed by atoms with Gasteiger partial charge in [0.15, 0.2) is 0 Å².